The van der Waals surface area contributed by atoms with Crippen molar-refractivity contribution in [2.75, 3.05) is 0 Å². The molecule has 2 rings (SSSR count). The van der Waals surface area contributed by atoms with Crippen molar-refractivity contribution in [3.05, 3.63) is 35.4 Å². The topological polar surface area (TPSA) is 32.3 Å². The predicted octanol–water partition coefficient (Wildman–Crippen LogP) is 2.95. The maximum absolute atomic E-state index is 9.95. The molecule has 3 atom stereocenters. The number of benzene rings is 1. The Bertz CT molecular complexity index is 346. The summed E-state index contributed by atoms with van der Waals surface area (Å²) in [5.41, 5.74) is 2.59. The number of hydrogen-bond acceptors (Lipinski definition) is 2. The molecular formula is C15H23NO. The molecule has 2 nitrogen and oxygen atoms in total. The van der Waals surface area contributed by atoms with Crippen LogP contribution in [0.15, 0.2) is 24.3 Å². The van der Waals surface area contributed by atoms with Crippen molar-refractivity contribution in [2.45, 2.75) is 57.7 Å². The van der Waals surface area contributed by atoms with Gasteiger partial charge in [0.2, 0.25) is 0 Å². The van der Waals surface area contributed by atoms with Crippen molar-refractivity contribution in [1.29, 1.82) is 0 Å². The normalized spacial score (nSPS) is 26.8. The van der Waals surface area contributed by atoms with Gasteiger partial charge in [0.25, 0.3) is 0 Å². The van der Waals surface area contributed by atoms with E-state index in [0.29, 0.717) is 6.04 Å². The van der Waals surface area contributed by atoms with Gasteiger partial charge in [-0.3, -0.25) is 0 Å². The van der Waals surface area contributed by atoms with Gasteiger partial charge in [-0.1, -0.05) is 42.7 Å². The molecule has 2 N–H and O–H groups in total. The summed E-state index contributed by atoms with van der Waals surface area (Å²) in [5, 5.41) is 13.5. The number of hydrogen-bond donors (Lipinski definition) is 2. The summed E-state index contributed by atoms with van der Waals surface area (Å²) in [6.45, 7) is 4.28. The summed E-state index contributed by atoms with van der Waals surface area (Å²) in [5.74, 6) is 0. The van der Waals surface area contributed by atoms with Crippen LogP contribution in [0.5, 0.6) is 0 Å². The molecule has 0 amide bonds. The van der Waals surface area contributed by atoms with E-state index in [0.717, 1.165) is 19.3 Å². The molecule has 0 radical (unpaired) electrons. The van der Waals surface area contributed by atoms with E-state index in [1.165, 1.54) is 17.5 Å². The fraction of sp³-hybridized carbons (Fsp3) is 0.600. The highest BCUT2D eigenvalue weighted by molar-refractivity contribution is 5.23. The van der Waals surface area contributed by atoms with E-state index in [9.17, 15) is 5.11 Å². The third-order valence-corrected chi connectivity index (χ3v) is 3.77. The minimum Gasteiger partial charge on any atom is -0.392 e. The lowest BCUT2D eigenvalue weighted by molar-refractivity contribution is 0.0860. The maximum atomic E-state index is 9.95. The van der Waals surface area contributed by atoms with Crippen LogP contribution >= 0.6 is 0 Å². The molecule has 0 spiro atoms. The highest BCUT2D eigenvalue weighted by atomic mass is 16.3. The van der Waals surface area contributed by atoms with Gasteiger partial charge in [-0.25, -0.2) is 0 Å². The van der Waals surface area contributed by atoms with Crippen molar-refractivity contribution in [3.8, 4) is 0 Å². The van der Waals surface area contributed by atoms with Crippen LogP contribution in [0.3, 0.4) is 0 Å². The molecule has 2 heteroatoms. The smallest absolute Gasteiger partial charge is 0.0693 e. The first-order chi connectivity index (χ1) is 8.16. The zero-order valence-electron chi connectivity index (χ0n) is 10.8. The zero-order valence-corrected chi connectivity index (χ0v) is 10.8. The van der Waals surface area contributed by atoms with E-state index in [1.807, 2.05) is 0 Å². The Hall–Kier alpha value is -0.860. The zero-order chi connectivity index (χ0) is 12.3. The number of rotatable bonds is 3. The van der Waals surface area contributed by atoms with E-state index in [2.05, 4.69) is 43.4 Å². The van der Waals surface area contributed by atoms with Gasteiger partial charge in [0.15, 0.2) is 0 Å². The lowest BCUT2D eigenvalue weighted by Crippen LogP contribution is -2.43. The molecule has 1 aliphatic carbocycles. The van der Waals surface area contributed by atoms with Crippen molar-refractivity contribution in [1.82, 2.24) is 5.32 Å². The van der Waals surface area contributed by atoms with Crippen LogP contribution in [0.4, 0.5) is 0 Å². The highest BCUT2D eigenvalue weighted by Crippen LogP contribution is 2.22. The first kappa shape index (κ1) is 12.6. The van der Waals surface area contributed by atoms with Crippen LogP contribution in [-0.4, -0.2) is 17.3 Å². The van der Waals surface area contributed by atoms with Crippen LogP contribution in [-0.2, 0) is 0 Å². The van der Waals surface area contributed by atoms with Gasteiger partial charge in [0, 0.05) is 12.1 Å². The number of nitrogens with one attached hydrogen (secondary N) is 1. The van der Waals surface area contributed by atoms with Gasteiger partial charge in [0.05, 0.1) is 6.10 Å². The Balaban J connectivity index is 1.95. The second-order valence-electron chi connectivity index (χ2n) is 5.26. The monoisotopic (exact) mass is 233 g/mol. The molecule has 0 heterocycles. The molecule has 1 aliphatic rings. The first-order valence-electron chi connectivity index (χ1n) is 6.67. The quantitative estimate of drug-likeness (QED) is 0.841. The summed E-state index contributed by atoms with van der Waals surface area (Å²) in [6, 6.07) is 9.20. The molecule has 0 saturated heterocycles. The van der Waals surface area contributed by atoms with Gasteiger partial charge >= 0.3 is 0 Å². The minimum absolute atomic E-state index is 0.170. The SMILES string of the molecule is Cc1ccc([C@@H](C)N[C@@H]2CCCC[C@H]2O)cc1. The molecule has 1 fully saturated rings. The Morgan fingerprint density at radius 2 is 1.82 bits per heavy atom. The van der Waals surface area contributed by atoms with Crippen LogP contribution in [0.2, 0.25) is 0 Å². The Morgan fingerprint density at radius 3 is 2.47 bits per heavy atom. The van der Waals surface area contributed by atoms with Gasteiger partial charge < -0.3 is 10.4 Å². The van der Waals surface area contributed by atoms with Crippen LogP contribution in [0, 0.1) is 6.92 Å². The second-order valence-corrected chi connectivity index (χ2v) is 5.26. The number of aryl methyl sites for hydroxylation is 1. The second kappa shape index (κ2) is 5.65. The molecule has 1 aromatic carbocycles. The van der Waals surface area contributed by atoms with Crippen LogP contribution in [0.25, 0.3) is 0 Å². The molecule has 0 aliphatic heterocycles. The summed E-state index contributed by atoms with van der Waals surface area (Å²) in [7, 11) is 0. The predicted molar refractivity (Wildman–Crippen MR) is 71.0 cm³/mol. The Kier molecular flexibility index (Phi) is 4.19. The van der Waals surface area contributed by atoms with E-state index < -0.39 is 0 Å². The Labute approximate surface area is 104 Å². The fourth-order valence-electron chi connectivity index (χ4n) is 2.58. The minimum atomic E-state index is -0.170. The van der Waals surface area contributed by atoms with E-state index in [-0.39, 0.29) is 12.1 Å². The standard InChI is InChI=1S/C15H23NO/c1-11-7-9-13(10-8-11)12(2)16-14-5-3-4-6-15(14)17/h7-10,12,14-17H,3-6H2,1-2H3/t12-,14-,15-/m1/s1. The van der Waals surface area contributed by atoms with Crippen LogP contribution in [0.1, 0.15) is 49.8 Å². The number of aliphatic hydroxyl groups is 1. The lowest BCUT2D eigenvalue weighted by atomic mass is 9.91. The molecule has 94 valence electrons. The van der Waals surface area contributed by atoms with E-state index >= 15 is 0 Å². The summed E-state index contributed by atoms with van der Waals surface area (Å²) in [4.78, 5) is 0. The first-order valence-corrected chi connectivity index (χ1v) is 6.67. The average molecular weight is 233 g/mol. The highest BCUT2D eigenvalue weighted by Gasteiger charge is 2.24. The third-order valence-electron chi connectivity index (χ3n) is 3.77. The molecule has 1 aromatic rings. The van der Waals surface area contributed by atoms with Crippen molar-refractivity contribution in [3.63, 3.8) is 0 Å². The largest absolute Gasteiger partial charge is 0.392 e. The summed E-state index contributed by atoms with van der Waals surface area (Å²) >= 11 is 0. The molecule has 0 bridgehead atoms. The summed E-state index contributed by atoms with van der Waals surface area (Å²) < 4.78 is 0. The molecular weight excluding hydrogens is 210 g/mol. The molecule has 0 unspecified atom stereocenters. The van der Waals surface area contributed by atoms with Crippen LogP contribution < -0.4 is 5.32 Å². The molecule has 17 heavy (non-hydrogen) atoms. The van der Waals surface area contributed by atoms with Gasteiger partial charge in [-0.2, -0.15) is 0 Å². The molecule has 1 saturated carbocycles. The van der Waals surface area contributed by atoms with Crippen molar-refractivity contribution < 1.29 is 5.11 Å². The fourth-order valence-corrected chi connectivity index (χ4v) is 2.58. The van der Waals surface area contributed by atoms with E-state index in [4.69, 9.17) is 0 Å². The van der Waals surface area contributed by atoms with Gasteiger partial charge in [0.1, 0.15) is 0 Å². The van der Waals surface area contributed by atoms with Crippen molar-refractivity contribution in [2.24, 2.45) is 0 Å². The number of aliphatic hydroxyl groups excluding tert-OH is 1. The average Bonchev–Trinajstić information content (AvgIpc) is 2.33. The van der Waals surface area contributed by atoms with E-state index in [1.54, 1.807) is 0 Å². The molecule has 0 aromatic heterocycles. The van der Waals surface area contributed by atoms with Gasteiger partial charge in [-0.15, -0.1) is 0 Å². The van der Waals surface area contributed by atoms with Gasteiger partial charge in [-0.05, 0) is 32.3 Å². The third kappa shape index (κ3) is 3.30. The Morgan fingerprint density at radius 1 is 1.18 bits per heavy atom. The summed E-state index contributed by atoms with van der Waals surface area (Å²) in [6.07, 6.45) is 4.26. The maximum Gasteiger partial charge on any atom is 0.0693 e. The lowest BCUT2D eigenvalue weighted by Gasteiger charge is -2.31. The van der Waals surface area contributed by atoms with Crippen molar-refractivity contribution >= 4 is 0 Å².